The number of nitro benzene ring substituents is 1. The Labute approximate surface area is 184 Å². The molecule has 0 radical (unpaired) electrons. The fourth-order valence-corrected chi connectivity index (χ4v) is 4.09. The maximum Gasteiger partial charge on any atom is 0.269 e. The maximum atomic E-state index is 12.7. The third-order valence-electron chi connectivity index (χ3n) is 5.86. The zero-order chi connectivity index (χ0) is 22.1. The third kappa shape index (κ3) is 6.92. The lowest BCUT2D eigenvalue weighted by atomic mass is 10.2. The molecular formula is C22H34N6O3. The second kappa shape index (κ2) is 11.6. The highest BCUT2D eigenvalue weighted by atomic mass is 16.6. The summed E-state index contributed by atoms with van der Waals surface area (Å²) in [5, 5.41) is 14.3. The minimum absolute atomic E-state index is 0.0837. The van der Waals surface area contributed by atoms with Crippen LogP contribution in [0, 0.1) is 10.1 Å². The van der Waals surface area contributed by atoms with Crippen LogP contribution in [0.15, 0.2) is 29.3 Å². The van der Waals surface area contributed by atoms with Crippen LogP contribution in [0.2, 0.25) is 0 Å². The van der Waals surface area contributed by atoms with Crippen LogP contribution in [0.4, 0.5) is 5.69 Å². The van der Waals surface area contributed by atoms with Crippen LogP contribution in [0.5, 0.6) is 0 Å². The van der Waals surface area contributed by atoms with Gasteiger partial charge < -0.3 is 15.1 Å². The molecule has 2 aliphatic heterocycles. The Bertz CT molecular complexity index is 768. The molecule has 0 aliphatic carbocycles. The van der Waals surface area contributed by atoms with E-state index in [0.29, 0.717) is 13.1 Å². The number of piperazine rings is 1. The van der Waals surface area contributed by atoms with E-state index in [1.807, 2.05) is 17.9 Å². The summed E-state index contributed by atoms with van der Waals surface area (Å²) in [7, 11) is 0. The number of likely N-dealkylation sites (tertiary alicyclic amines) is 1. The standard InChI is InChI=1S/C22H34N6O3/c1-2-23-22(24-17-19-8-7-9-20(16-19)28(30)31)27-14-12-25(13-15-27)18-21(29)26-10-5-3-4-6-11-26/h7-9,16H,2-6,10-15,17-18H2,1H3,(H,23,24). The van der Waals surface area contributed by atoms with Gasteiger partial charge in [0.15, 0.2) is 5.96 Å². The molecule has 0 spiro atoms. The second-order valence-electron chi connectivity index (χ2n) is 8.16. The first-order chi connectivity index (χ1) is 15.1. The van der Waals surface area contributed by atoms with E-state index in [-0.39, 0.29) is 16.5 Å². The quantitative estimate of drug-likeness (QED) is 0.321. The second-order valence-corrected chi connectivity index (χ2v) is 8.16. The van der Waals surface area contributed by atoms with Crippen molar-refractivity contribution in [3.63, 3.8) is 0 Å². The van der Waals surface area contributed by atoms with Crippen LogP contribution in [0.25, 0.3) is 0 Å². The average molecular weight is 431 g/mol. The molecule has 9 nitrogen and oxygen atoms in total. The van der Waals surface area contributed by atoms with Gasteiger partial charge in [-0.05, 0) is 25.3 Å². The van der Waals surface area contributed by atoms with Gasteiger partial charge in [-0.1, -0.05) is 25.0 Å². The highest BCUT2D eigenvalue weighted by molar-refractivity contribution is 5.80. The molecule has 31 heavy (non-hydrogen) atoms. The number of nitrogens with one attached hydrogen (secondary N) is 1. The molecule has 1 amide bonds. The number of amides is 1. The highest BCUT2D eigenvalue weighted by Crippen LogP contribution is 2.14. The molecule has 0 aromatic heterocycles. The first kappa shape index (κ1) is 23.0. The highest BCUT2D eigenvalue weighted by Gasteiger charge is 2.23. The topological polar surface area (TPSA) is 94.3 Å². The first-order valence-corrected chi connectivity index (χ1v) is 11.3. The molecule has 1 aromatic rings. The van der Waals surface area contributed by atoms with Crippen molar-refractivity contribution in [3.8, 4) is 0 Å². The molecule has 170 valence electrons. The summed E-state index contributed by atoms with van der Waals surface area (Å²) in [5.41, 5.74) is 0.895. The Morgan fingerprint density at radius 1 is 1.06 bits per heavy atom. The predicted molar refractivity (Wildman–Crippen MR) is 121 cm³/mol. The Morgan fingerprint density at radius 2 is 1.77 bits per heavy atom. The Hall–Kier alpha value is -2.68. The van der Waals surface area contributed by atoms with Crippen LogP contribution in [0.3, 0.4) is 0 Å². The van der Waals surface area contributed by atoms with E-state index in [9.17, 15) is 14.9 Å². The van der Waals surface area contributed by atoms with Crippen LogP contribution in [-0.4, -0.2) is 83.8 Å². The number of hydrogen-bond acceptors (Lipinski definition) is 5. The fourth-order valence-electron chi connectivity index (χ4n) is 4.09. The minimum Gasteiger partial charge on any atom is -0.357 e. The third-order valence-corrected chi connectivity index (χ3v) is 5.86. The molecule has 1 N–H and O–H groups in total. The van der Waals surface area contributed by atoms with E-state index in [0.717, 1.165) is 70.2 Å². The van der Waals surface area contributed by atoms with Gasteiger partial charge in [0.2, 0.25) is 5.91 Å². The van der Waals surface area contributed by atoms with Gasteiger partial charge >= 0.3 is 0 Å². The summed E-state index contributed by atoms with van der Waals surface area (Å²) in [4.78, 5) is 34.4. The van der Waals surface area contributed by atoms with Crippen molar-refractivity contribution < 1.29 is 9.72 Å². The molecular weight excluding hydrogens is 396 g/mol. The van der Waals surface area contributed by atoms with Gasteiger partial charge in [-0.15, -0.1) is 0 Å². The summed E-state index contributed by atoms with van der Waals surface area (Å²) >= 11 is 0. The Morgan fingerprint density at radius 3 is 2.42 bits per heavy atom. The van der Waals surface area contributed by atoms with Crippen LogP contribution >= 0.6 is 0 Å². The van der Waals surface area contributed by atoms with Gasteiger partial charge in [-0.2, -0.15) is 0 Å². The summed E-state index contributed by atoms with van der Waals surface area (Å²) < 4.78 is 0. The lowest BCUT2D eigenvalue weighted by Crippen LogP contribution is -2.54. The molecule has 9 heteroatoms. The van der Waals surface area contributed by atoms with Crippen molar-refractivity contribution in [2.75, 3.05) is 52.4 Å². The van der Waals surface area contributed by atoms with Gasteiger partial charge in [-0.3, -0.25) is 19.8 Å². The zero-order valence-corrected chi connectivity index (χ0v) is 18.5. The first-order valence-electron chi connectivity index (χ1n) is 11.3. The summed E-state index contributed by atoms with van der Waals surface area (Å²) in [6.07, 6.45) is 4.69. The number of carbonyl (C=O) groups excluding carboxylic acids is 1. The maximum absolute atomic E-state index is 12.7. The van der Waals surface area contributed by atoms with E-state index < -0.39 is 0 Å². The summed E-state index contributed by atoms with van der Waals surface area (Å²) in [6, 6.07) is 6.60. The number of hydrogen-bond donors (Lipinski definition) is 1. The van der Waals surface area contributed by atoms with Gasteiger partial charge in [0.05, 0.1) is 18.0 Å². The number of nitrogens with zero attached hydrogens (tertiary/aromatic N) is 5. The number of nitro groups is 1. The van der Waals surface area contributed by atoms with Crippen molar-refractivity contribution in [2.45, 2.75) is 39.2 Å². The molecule has 1 aromatic carbocycles. The summed E-state index contributed by atoms with van der Waals surface area (Å²) in [6.45, 7) is 8.69. The molecule has 2 heterocycles. The van der Waals surface area contributed by atoms with E-state index in [1.165, 1.54) is 18.9 Å². The molecule has 0 bridgehead atoms. The molecule has 2 fully saturated rings. The smallest absolute Gasteiger partial charge is 0.269 e. The van der Waals surface area contributed by atoms with E-state index in [2.05, 4.69) is 15.1 Å². The average Bonchev–Trinajstić information content (AvgIpc) is 3.07. The van der Waals surface area contributed by atoms with Crippen molar-refractivity contribution in [1.82, 2.24) is 20.0 Å². The van der Waals surface area contributed by atoms with E-state index >= 15 is 0 Å². The number of guanidine groups is 1. The van der Waals surface area contributed by atoms with Gasteiger partial charge in [0.25, 0.3) is 5.69 Å². The van der Waals surface area contributed by atoms with Crippen molar-refractivity contribution >= 4 is 17.6 Å². The molecule has 2 aliphatic rings. The number of carbonyl (C=O) groups is 1. The van der Waals surface area contributed by atoms with Gasteiger partial charge in [-0.25, -0.2) is 4.99 Å². The predicted octanol–water partition coefficient (Wildman–Crippen LogP) is 2.08. The van der Waals surface area contributed by atoms with Gasteiger partial charge in [0.1, 0.15) is 0 Å². The van der Waals surface area contributed by atoms with E-state index in [4.69, 9.17) is 4.99 Å². The van der Waals surface area contributed by atoms with Crippen LogP contribution in [-0.2, 0) is 11.3 Å². The number of aliphatic imine (C=N–C) groups is 1. The lowest BCUT2D eigenvalue weighted by Gasteiger charge is -2.37. The molecule has 0 atom stereocenters. The zero-order valence-electron chi connectivity index (χ0n) is 18.5. The molecule has 0 unspecified atom stereocenters. The van der Waals surface area contributed by atoms with Crippen molar-refractivity contribution in [1.29, 1.82) is 0 Å². The van der Waals surface area contributed by atoms with Crippen molar-refractivity contribution in [2.24, 2.45) is 4.99 Å². The molecule has 2 saturated heterocycles. The number of rotatable bonds is 6. The van der Waals surface area contributed by atoms with Crippen molar-refractivity contribution in [3.05, 3.63) is 39.9 Å². The Balaban J connectivity index is 1.53. The minimum atomic E-state index is -0.384. The molecule has 3 rings (SSSR count). The van der Waals surface area contributed by atoms with Gasteiger partial charge in [0, 0.05) is 57.9 Å². The summed E-state index contributed by atoms with van der Waals surface area (Å²) in [5.74, 6) is 1.06. The SMILES string of the molecule is CCNC(=NCc1cccc([N+](=O)[O-])c1)N1CCN(CC(=O)N2CCCCCC2)CC1. The number of non-ortho nitro benzene ring substituents is 1. The largest absolute Gasteiger partial charge is 0.357 e. The normalized spacial score (nSPS) is 18.5. The molecule has 0 saturated carbocycles. The lowest BCUT2D eigenvalue weighted by molar-refractivity contribution is -0.384. The van der Waals surface area contributed by atoms with Crippen LogP contribution < -0.4 is 5.32 Å². The van der Waals surface area contributed by atoms with Crippen LogP contribution in [0.1, 0.15) is 38.2 Å². The fraction of sp³-hybridized carbons (Fsp3) is 0.636. The van der Waals surface area contributed by atoms with E-state index in [1.54, 1.807) is 12.1 Å². The number of benzene rings is 1. The Kier molecular flexibility index (Phi) is 8.63. The monoisotopic (exact) mass is 430 g/mol.